The summed E-state index contributed by atoms with van der Waals surface area (Å²) in [6.45, 7) is -1.34. The van der Waals surface area contributed by atoms with Crippen LogP contribution in [0.3, 0.4) is 0 Å². The molecule has 1 rings (SSSR count). The van der Waals surface area contributed by atoms with Crippen LogP contribution in [0.4, 0.5) is 13.2 Å². The van der Waals surface area contributed by atoms with Gasteiger partial charge in [0.15, 0.2) is 6.67 Å². The Morgan fingerprint density at radius 2 is 2.18 bits per heavy atom. The van der Waals surface area contributed by atoms with E-state index in [4.69, 9.17) is 5.73 Å². The van der Waals surface area contributed by atoms with Crippen molar-refractivity contribution < 1.29 is 13.2 Å². The standard InChI is InChI=1S/C6H11F3N2/c7-4-6(8,9)11-2-1-5(10)3-11/h5H,1-4,10H2. The van der Waals surface area contributed by atoms with E-state index in [2.05, 4.69) is 0 Å². The maximum Gasteiger partial charge on any atom is 0.333 e. The molecule has 1 unspecified atom stereocenters. The Kier molecular flexibility index (Phi) is 2.39. The molecule has 0 aromatic carbocycles. The SMILES string of the molecule is NC1CCN(C(F)(F)CF)C1. The minimum Gasteiger partial charge on any atom is -0.326 e. The van der Waals surface area contributed by atoms with E-state index < -0.39 is 12.7 Å². The predicted molar refractivity (Wildman–Crippen MR) is 35.1 cm³/mol. The summed E-state index contributed by atoms with van der Waals surface area (Å²) < 4.78 is 36.8. The zero-order valence-corrected chi connectivity index (χ0v) is 6.06. The van der Waals surface area contributed by atoms with Gasteiger partial charge in [0.2, 0.25) is 0 Å². The molecule has 0 spiro atoms. The summed E-state index contributed by atoms with van der Waals surface area (Å²) in [5.41, 5.74) is 5.38. The molecule has 0 saturated carbocycles. The zero-order valence-electron chi connectivity index (χ0n) is 6.06. The molecular formula is C6H11F3N2. The number of hydrogen-bond donors (Lipinski definition) is 1. The van der Waals surface area contributed by atoms with Gasteiger partial charge in [-0.2, -0.15) is 8.78 Å². The second-order valence-corrected chi connectivity index (χ2v) is 2.79. The quantitative estimate of drug-likeness (QED) is 0.611. The van der Waals surface area contributed by atoms with E-state index >= 15 is 0 Å². The molecule has 0 radical (unpaired) electrons. The summed E-state index contributed by atoms with van der Waals surface area (Å²) in [6.07, 6.45) is 0.523. The van der Waals surface area contributed by atoms with E-state index in [1.165, 1.54) is 0 Å². The first-order valence-electron chi connectivity index (χ1n) is 3.50. The van der Waals surface area contributed by atoms with Gasteiger partial charge in [-0.05, 0) is 6.42 Å². The van der Waals surface area contributed by atoms with Crippen LogP contribution < -0.4 is 5.73 Å². The van der Waals surface area contributed by atoms with Crippen molar-refractivity contribution in [3.8, 4) is 0 Å². The molecule has 66 valence electrons. The van der Waals surface area contributed by atoms with E-state index in [9.17, 15) is 13.2 Å². The van der Waals surface area contributed by atoms with Gasteiger partial charge in [0.05, 0.1) is 0 Å². The van der Waals surface area contributed by atoms with E-state index in [1.807, 2.05) is 0 Å². The van der Waals surface area contributed by atoms with Gasteiger partial charge >= 0.3 is 6.05 Å². The van der Waals surface area contributed by atoms with Crippen LogP contribution in [0.15, 0.2) is 0 Å². The molecule has 2 nitrogen and oxygen atoms in total. The summed E-state index contributed by atoms with van der Waals surface area (Å²) in [4.78, 5) is 0.789. The highest BCUT2D eigenvalue weighted by molar-refractivity contribution is 4.82. The van der Waals surface area contributed by atoms with Gasteiger partial charge in [0.1, 0.15) is 0 Å². The Labute approximate surface area is 63.2 Å². The minimum absolute atomic E-state index is 0.0942. The molecule has 1 atom stereocenters. The molecule has 1 saturated heterocycles. The number of nitrogens with two attached hydrogens (primary N) is 1. The summed E-state index contributed by atoms with van der Waals surface area (Å²) in [5, 5.41) is 0. The van der Waals surface area contributed by atoms with Crippen molar-refractivity contribution in [2.75, 3.05) is 19.8 Å². The van der Waals surface area contributed by atoms with Gasteiger partial charge in [0, 0.05) is 19.1 Å². The maximum atomic E-state index is 12.5. The number of rotatable bonds is 2. The normalized spacial score (nSPS) is 27.8. The lowest BCUT2D eigenvalue weighted by Crippen LogP contribution is -2.42. The highest BCUT2D eigenvalue weighted by Crippen LogP contribution is 2.24. The van der Waals surface area contributed by atoms with Crippen LogP contribution in [0.5, 0.6) is 0 Å². The van der Waals surface area contributed by atoms with E-state index in [-0.39, 0.29) is 19.1 Å². The molecule has 0 aromatic heterocycles. The number of hydrogen-bond acceptors (Lipinski definition) is 2. The van der Waals surface area contributed by atoms with Crippen molar-refractivity contribution in [1.82, 2.24) is 4.90 Å². The predicted octanol–water partition coefficient (Wildman–Crippen LogP) is 0.582. The van der Waals surface area contributed by atoms with Crippen LogP contribution in [-0.2, 0) is 0 Å². The van der Waals surface area contributed by atoms with Crippen molar-refractivity contribution in [2.45, 2.75) is 18.5 Å². The molecule has 0 aromatic rings. The Balaban J connectivity index is 2.48. The Hall–Kier alpha value is -0.290. The number of nitrogens with zero attached hydrogens (tertiary/aromatic N) is 1. The Morgan fingerprint density at radius 3 is 2.55 bits per heavy atom. The number of likely N-dealkylation sites (tertiary alicyclic amines) is 1. The first kappa shape index (κ1) is 8.80. The van der Waals surface area contributed by atoms with Crippen LogP contribution in [-0.4, -0.2) is 36.8 Å². The topological polar surface area (TPSA) is 29.3 Å². The second kappa shape index (κ2) is 2.98. The van der Waals surface area contributed by atoms with Gasteiger partial charge in [-0.15, -0.1) is 0 Å². The molecule has 1 heterocycles. The highest BCUT2D eigenvalue weighted by atomic mass is 19.3. The molecular weight excluding hydrogens is 157 g/mol. The Morgan fingerprint density at radius 1 is 1.55 bits per heavy atom. The third-order valence-corrected chi connectivity index (χ3v) is 1.85. The second-order valence-electron chi connectivity index (χ2n) is 2.79. The monoisotopic (exact) mass is 168 g/mol. The minimum atomic E-state index is -3.31. The lowest BCUT2D eigenvalue weighted by molar-refractivity contribution is -0.148. The molecule has 1 fully saturated rings. The van der Waals surface area contributed by atoms with Crippen molar-refractivity contribution in [1.29, 1.82) is 0 Å². The fourth-order valence-corrected chi connectivity index (χ4v) is 1.17. The molecule has 2 N–H and O–H groups in total. The molecule has 1 aliphatic rings. The van der Waals surface area contributed by atoms with Gasteiger partial charge in [-0.1, -0.05) is 0 Å². The van der Waals surface area contributed by atoms with Crippen LogP contribution in [0.25, 0.3) is 0 Å². The molecule has 5 heteroatoms. The molecule has 0 bridgehead atoms. The average molecular weight is 168 g/mol. The maximum absolute atomic E-state index is 12.5. The lowest BCUT2D eigenvalue weighted by atomic mass is 10.3. The molecule has 1 aliphatic heterocycles. The molecule has 0 amide bonds. The van der Waals surface area contributed by atoms with Crippen LogP contribution in [0.2, 0.25) is 0 Å². The van der Waals surface area contributed by atoms with Crippen molar-refractivity contribution in [3.05, 3.63) is 0 Å². The van der Waals surface area contributed by atoms with Gasteiger partial charge in [-0.25, -0.2) is 9.29 Å². The smallest absolute Gasteiger partial charge is 0.326 e. The van der Waals surface area contributed by atoms with E-state index in [0.717, 1.165) is 4.90 Å². The third-order valence-electron chi connectivity index (χ3n) is 1.85. The first-order chi connectivity index (χ1) is 5.06. The average Bonchev–Trinajstić information content (AvgIpc) is 2.36. The van der Waals surface area contributed by atoms with Crippen LogP contribution in [0, 0.1) is 0 Å². The number of halogens is 3. The fourth-order valence-electron chi connectivity index (χ4n) is 1.17. The lowest BCUT2D eigenvalue weighted by Gasteiger charge is -2.23. The largest absolute Gasteiger partial charge is 0.333 e. The fraction of sp³-hybridized carbons (Fsp3) is 1.00. The zero-order chi connectivity index (χ0) is 8.48. The van der Waals surface area contributed by atoms with Crippen molar-refractivity contribution in [3.63, 3.8) is 0 Å². The van der Waals surface area contributed by atoms with Crippen molar-refractivity contribution >= 4 is 0 Å². The highest BCUT2D eigenvalue weighted by Gasteiger charge is 2.40. The van der Waals surface area contributed by atoms with Gasteiger partial charge in [-0.3, -0.25) is 0 Å². The Bertz CT molecular complexity index is 140. The summed E-state index contributed by atoms with van der Waals surface area (Å²) in [5.74, 6) is 0. The molecule has 11 heavy (non-hydrogen) atoms. The third kappa shape index (κ3) is 1.84. The van der Waals surface area contributed by atoms with E-state index in [0.29, 0.717) is 6.42 Å². The van der Waals surface area contributed by atoms with Crippen LogP contribution >= 0.6 is 0 Å². The van der Waals surface area contributed by atoms with Gasteiger partial charge < -0.3 is 5.73 Å². The summed E-state index contributed by atoms with van der Waals surface area (Å²) in [7, 11) is 0. The van der Waals surface area contributed by atoms with Crippen LogP contribution in [0.1, 0.15) is 6.42 Å². The first-order valence-corrected chi connectivity index (χ1v) is 3.50. The van der Waals surface area contributed by atoms with Gasteiger partial charge in [0.25, 0.3) is 0 Å². The van der Waals surface area contributed by atoms with E-state index in [1.54, 1.807) is 0 Å². The van der Waals surface area contributed by atoms with Crippen molar-refractivity contribution in [2.24, 2.45) is 5.73 Å². The summed E-state index contributed by atoms with van der Waals surface area (Å²) in [6, 6.07) is -3.54. The molecule has 0 aliphatic carbocycles. The summed E-state index contributed by atoms with van der Waals surface area (Å²) >= 11 is 0. The number of alkyl halides is 3.